The molecule has 0 radical (unpaired) electrons. The molecule has 0 bridgehead atoms. The van der Waals surface area contributed by atoms with Crippen LogP contribution in [-0.2, 0) is 9.47 Å². The topological polar surface area (TPSA) is 35.5 Å². The van der Waals surface area contributed by atoms with E-state index < -0.39 is 6.16 Å². The summed E-state index contributed by atoms with van der Waals surface area (Å²) in [5, 5.41) is 0. The summed E-state index contributed by atoms with van der Waals surface area (Å²) >= 11 is 0. The molecule has 0 rings (SSSR count). The fraction of sp³-hybridized carbons (Fsp3) is 0.750. The van der Waals surface area contributed by atoms with Crippen molar-refractivity contribution in [2.24, 2.45) is 5.92 Å². The monoisotopic (exact) mass is 324 g/mol. The van der Waals surface area contributed by atoms with Gasteiger partial charge in [0.05, 0.1) is 0 Å². The molecular weight excluding hydrogens is 288 g/mol. The van der Waals surface area contributed by atoms with Gasteiger partial charge in [0.2, 0.25) is 0 Å². The van der Waals surface area contributed by atoms with Crippen LogP contribution in [0.15, 0.2) is 24.5 Å². The molecule has 0 amide bonds. The Balaban J connectivity index is 4.38. The van der Waals surface area contributed by atoms with Crippen molar-refractivity contribution >= 4 is 6.16 Å². The molecular formula is C20H36O3. The van der Waals surface area contributed by atoms with Gasteiger partial charge in [0, 0.05) is 0 Å². The molecule has 0 aliphatic carbocycles. The van der Waals surface area contributed by atoms with Crippen molar-refractivity contribution in [3.8, 4) is 0 Å². The van der Waals surface area contributed by atoms with Gasteiger partial charge in [-0.2, -0.15) is 0 Å². The number of carbonyl (C=O) groups is 1. The molecule has 0 heterocycles. The predicted octanol–water partition coefficient (Wildman–Crippen LogP) is 6.78. The van der Waals surface area contributed by atoms with Crippen LogP contribution < -0.4 is 0 Å². The molecule has 0 aromatic rings. The van der Waals surface area contributed by atoms with E-state index in [0.29, 0.717) is 11.7 Å². The Hall–Kier alpha value is -1.25. The second-order valence-corrected chi connectivity index (χ2v) is 6.29. The van der Waals surface area contributed by atoms with Crippen molar-refractivity contribution in [3.05, 3.63) is 24.5 Å². The number of rotatable bonds is 13. The highest BCUT2D eigenvalue weighted by Gasteiger charge is 2.21. The zero-order chi connectivity index (χ0) is 17.5. The van der Waals surface area contributed by atoms with E-state index in [1.165, 1.54) is 44.9 Å². The van der Waals surface area contributed by atoms with E-state index in [0.717, 1.165) is 12.8 Å². The zero-order valence-corrected chi connectivity index (χ0v) is 15.6. The van der Waals surface area contributed by atoms with Crippen molar-refractivity contribution in [1.29, 1.82) is 0 Å². The van der Waals surface area contributed by atoms with Gasteiger partial charge < -0.3 is 9.47 Å². The van der Waals surface area contributed by atoms with Crippen LogP contribution >= 0.6 is 0 Å². The predicted molar refractivity (Wildman–Crippen MR) is 97.4 cm³/mol. The molecule has 3 heteroatoms. The summed E-state index contributed by atoms with van der Waals surface area (Å²) in [5.41, 5.74) is 0. The van der Waals surface area contributed by atoms with Gasteiger partial charge in [0.15, 0.2) is 0 Å². The van der Waals surface area contributed by atoms with Crippen LogP contribution in [0.2, 0.25) is 0 Å². The summed E-state index contributed by atoms with van der Waals surface area (Å²) in [6.07, 6.45) is 13.4. The van der Waals surface area contributed by atoms with E-state index in [4.69, 9.17) is 9.47 Å². The summed E-state index contributed by atoms with van der Waals surface area (Å²) < 4.78 is 10.6. The molecule has 0 fully saturated rings. The third-order valence-electron chi connectivity index (χ3n) is 4.15. The molecule has 134 valence electrons. The van der Waals surface area contributed by atoms with Crippen LogP contribution in [0, 0.1) is 5.92 Å². The number of allylic oxidation sites excluding steroid dienone is 3. The molecule has 0 N–H and O–H groups in total. The third-order valence-corrected chi connectivity index (χ3v) is 4.15. The molecule has 0 aliphatic heterocycles. The quantitative estimate of drug-likeness (QED) is 0.162. The molecule has 23 heavy (non-hydrogen) atoms. The molecule has 0 aromatic heterocycles. The zero-order valence-electron chi connectivity index (χ0n) is 15.6. The standard InChI is InChI=1S/C20H36O3/c1-6-9-11-13-16-19(15-12-10-7-2)18(5)23-20(21)22-17(4)14-8-3/h8,14,18-19H,3,6-7,9-13,15-16H2,1-2,4-5H3/b17-14+. The Labute approximate surface area is 143 Å². The minimum atomic E-state index is -0.609. The SMILES string of the molecule is C=C/C=C(\C)OC(=O)OC(C)C(CCCCC)CCCCCC. The van der Waals surface area contributed by atoms with Crippen LogP contribution in [0.1, 0.15) is 85.5 Å². The van der Waals surface area contributed by atoms with Crippen LogP contribution in [0.4, 0.5) is 4.79 Å². The lowest BCUT2D eigenvalue weighted by Gasteiger charge is -2.24. The molecule has 0 aliphatic rings. The van der Waals surface area contributed by atoms with Gasteiger partial charge in [-0.15, -0.1) is 0 Å². The van der Waals surface area contributed by atoms with Gasteiger partial charge in [-0.3, -0.25) is 0 Å². The second kappa shape index (κ2) is 14.3. The van der Waals surface area contributed by atoms with Gasteiger partial charge >= 0.3 is 6.16 Å². The summed E-state index contributed by atoms with van der Waals surface area (Å²) in [6, 6.07) is 0. The number of unbranched alkanes of at least 4 members (excludes halogenated alkanes) is 5. The summed E-state index contributed by atoms with van der Waals surface area (Å²) in [5.74, 6) is 0.928. The molecule has 0 aromatic carbocycles. The van der Waals surface area contributed by atoms with Crippen molar-refractivity contribution in [1.82, 2.24) is 0 Å². The minimum absolute atomic E-state index is 0.0995. The first-order valence-corrected chi connectivity index (χ1v) is 9.22. The Morgan fingerprint density at radius 1 is 1.04 bits per heavy atom. The summed E-state index contributed by atoms with van der Waals surface area (Å²) in [6.45, 7) is 11.7. The van der Waals surface area contributed by atoms with Crippen LogP contribution in [0.5, 0.6) is 0 Å². The van der Waals surface area contributed by atoms with Crippen LogP contribution in [0.3, 0.4) is 0 Å². The fourth-order valence-electron chi connectivity index (χ4n) is 2.71. The van der Waals surface area contributed by atoms with Crippen molar-refractivity contribution in [2.45, 2.75) is 91.6 Å². The van der Waals surface area contributed by atoms with Crippen LogP contribution in [-0.4, -0.2) is 12.3 Å². The van der Waals surface area contributed by atoms with Gasteiger partial charge in [-0.25, -0.2) is 4.79 Å². The van der Waals surface area contributed by atoms with Crippen molar-refractivity contribution in [2.75, 3.05) is 0 Å². The maximum atomic E-state index is 11.8. The van der Waals surface area contributed by atoms with Gasteiger partial charge in [-0.05, 0) is 38.7 Å². The van der Waals surface area contributed by atoms with Crippen molar-refractivity contribution in [3.63, 3.8) is 0 Å². The molecule has 0 saturated heterocycles. The Morgan fingerprint density at radius 2 is 1.61 bits per heavy atom. The average molecular weight is 325 g/mol. The first kappa shape index (κ1) is 21.8. The Bertz CT molecular complexity index is 347. The molecule has 0 spiro atoms. The van der Waals surface area contributed by atoms with E-state index in [9.17, 15) is 4.79 Å². The van der Waals surface area contributed by atoms with Gasteiger partial charge in [0.1, 0.15) is 11.9 Å². The highest BCUT2D eigenvalue weighted by Crippen LogP contribution is 2.24. The number of ether oxygens (including phenoxy) is 2. The van der Waals surface area contributed by atoms with E-state index in [1.54, 1.807) is 19.1 Å². The maximum Gasteiger partial charge on any atom is 0.513 e. The second-order valence-electron chi connectivity index (χ2n) is 6.29. The Kier molecular flexibility index (Phi) is 13.6. The summed E-state index contributed by atoms with van der Waals surface area (Å²) in [4.78, 5) is 11.8. The molecule has 0 saturated carbocycles. The molecule has 2 atom stereocenters. The number of carbonyl (C=O) groups excluding carboxylic acids is 1. The Morgan fingerprint density at radius 3 is 2.17 bits per heavy atom. The lowest BCUT2D eigenvalue weighted by molar-refractivity contribution is 0.0196. The van der Waals surface area contributed by atoms with Crippen molar-refractivity contribution < 1.29 is 14.3 Å². The highest BCUT2D eigenvalue weighted by molar-refractivity contribution is 5.61. The smallest absolute Gasteiger partial charge is 0.431 e. The lowest BCUT2D eigenvalue weighted by Crippen LogP contribution is -2.24. The average Bonchev–Trinajstić information content (AvgIpc) is 2.49. The van der Waals surface area contributed by atoms with E-state index >= 15 is 0 Å². The first-order chi connectivity index (χ1) is 11.0. The van der Waals surface area contributed by atoms with Gasteiger partial charge in [0.25, 0.3) is 0 Å². The van der Waals surface area contributed by atoms with E-state index in [2.05, 4.69) is 20.4 Å². The number of hydrogen-bond acceptors (Lipinski definition) is 3. The third kappa shape index (κ3) is 11.9. The normalized spacial score (nSPS) is 14.2. The molecule has 2 unspecified atom stereocenters. The first-order valence-electron chi connectivity index (χ1n) is 9.22. The summed E-state index contributed by atoms with van der Waals surface area (Å²) in [7, 11) is 0. The van der Waals surface area contributed by atoms with Gasteiger partial charge in [-0.1, -0.05) is 71.4 Å². The number of hydrogen-bond donors (Lipinski definition) is 0. The largest absolute Gasteiger partial charge is 0.513 e. The molecule has 3 nitrogen and oxygen atoms in total. The van der Waals surface area contributed by atoms with E-state index in [1.807, 2.05) is 6.92 Å². The van der Waals surface area contributed by atoms with E-state index in [-0.39, 0.29) is 6.10 Å². The lowest BCUT2D eigenvalue weighted by atomic mass is 9.90. The fourth-order valence-corrected chi connectivity index (χ4v) is 2.71. The maximum absolute atomic E-state index is 11.8. The van der Waals surface area contributed by atoms with Crippen LogP contribution in [0.25, 0.3) is 0 Å². The highest BCUT2D eigenvalue weighted by atomic mass is 16.7. The minimum Gasteiger partial charge on any atom is -0.431 e.